The van der Waals surface area contributed by atoms with Gasteiger partial charge in [-0.3, -0.25) is 4.79 Å². The first-order valence-corrected chi connectivity index (χ1v) is 6.13. The Kier molecular flexibility index (Phi) is 7.86. The Labute approximate surface area is 130 Å². The average Bonchev–Trinajstić information content (AvgIpc) is 2.38. The molecule has 1 amide bonds. The van der Waals surface area contributed by atoms with Crippen LogP contribution in [0.15, 0.2) is 24.3 Å². The third-order valence-corrected chi connectivity index (χ3v) is 3.17. The highest BCUT2D eigenvalue weighted by Crippen LogP contribution is 2.20. The topological polar surface area (TPSA) is 49.6 Å². The number of nitrogens with zero attached hydrogens (tertiary/aromatic N) is 2. The second kappa shape index (κ2) is 8.29. The van der Waals surface area contributed by atoms with E-state index < -0.39 is 6.04 Å². The molecule has 1 aromatic carbocycles. The number of benzene rings is 1. The molecule has 4 nitrogen and oxygen atoms in total. The van der Waals surface area contributed by atoms with Crippen molar-refractivity contribution in [2.75, 3.05) is 31.1 Å². The van der Waals surface area contributed by atoms with E-state index in [0.717, 1.165) is 0 Å². The van der Waals surface area contributed by atoms with E-state index >= 15 is 0 Å². The maximum absolute atomic E-state index is 13.6. The lowest BCUT2D eigenvalue weighted by Gasteiger charge is -2.36. The normalized spacial score (nSPS) is 15.9. The average molecular weight is 324 g/mol. The summed E-state index contributed by atoms with van der Waals surface area (Å²) in [5.41, 5.74) is 6.17. The Balaban J connectivity index is 0.00000180. The van der Waals surface area contributed by atoms with E-state index in [4.69, 9.17) is 5.73 Å². The van der Waals surface area contributed by atoms with Crippen LogP contribution in [0, 0.1) is 5.82 Å². The number of piperazine rings is 1. The van der Waals surface area contributed by atoms with Crippen LogP contribution >= 0.6 is 24.8 Å². The van der Waals surface area contributed by atoms with Crippen molar-refractivity contribution in [2.45, 2.75) is 13.0 Å². The highest BCUT2D eigenvalue weighted by atomic mass is 35.5. The molecule has 1 aliphatic heterocycles. The van der Waals surface area contributed by atoms with Crippen molar-refractivity contribution >= 4 is 36.4 Å². The molecule has 1 fully saturated rings. The van der Waals surface area contributed by atoms with Crippen molar-refractivity contribution in [3.63, 3.8) is 0 Å². The third kappa shape index (κ3) is 4.23. The summed E-state index contributed by atoms with van der Waals surface area (Å²) >= 11 is 0. The zero-order valence-corrected chi connectivity index (χ0v) is 12.9. The van der Waals surface area contributed by atoms with Crippen molar-refractivity contribution in [2.24, 2.45) is 5.73 Å². The zero-order chi connectivity index (χ0) is 13.1. The molecule has 0 radical (unpaired) electrons. The molecule has 0 aromatic heterocycles. The van der Waals surface area contributed by atoms with Gasteiger partial charge in [0, 0.05) is 26.2 Å². The van der Waals surface area contributed by atoms with Gasteiger partial charge in [0.25, 0.3) is 0 Å². The number of halogens is 3. The van der Waals surface area contributed by atoms with Crippen LogP contribution < -0.4 is 10.6 Å². The fraction of sp³-hybridized carbons (Fsp3) is 0.462. The molecule has 1 saturated heterocycles. The molecule has 1 aromatic rings. The number of hydrogen-bond acceptors (Lipinski definition) is 3. The molecular weight excluding hydrogens is 304 g/mol. The van der Waals surface area contributed by atoms with E-state index in [1.54, 1.807) is 24.0 Å². The number of para-hydroxylation sites is 1. The van der Waals surface area contributed by atoms with Crippen molar-refractivity contribution in [3.8, 4) is 0 Å². The highest BCUT2D eigenvalue weighted by molar-refractivity contribution is 5.85. The monoisotopic (exact) mass is 323 g/mol. The minimum absolute atomic E-state index is 0. The fourth-order valence-electron chi connectivity index (χ4n) is 2.16. The Morgan fingerprint density at radius 1 is 1.20 bits per heavy atom. The van der Waals surface area contributed by atoms with Crippen LogP contribution in [0.2, 0.25) is 0 Å². The largest absolute Gasteiger partial charge is 0.366 e. The minimum atomic E-state index is -0.468. The van der Waals surface area contributed by atoms with Gasteiger partial charge in [0.05, 0.1) is 11.7 Å². The zero-order valence-electron chi connectivity index (χ0n) is 11.3. The van der Waals surface area contributed by atoms with E-state index in [2.05, 4.69) is 0 Å². The van der Waals surface area contributed by atoms with E-state index in [0.29, 0.717) is 31.9 Å². The molecule has 0 bridgehead atoms. The van der Waals surface area contributed by atoms with Crippen molar-refractivity contribution in [3.05, 3.63) is 30.1 Å². The number of carbonyl (C=O) groups excluding carboxylic acids is 1. The number of amides is 1. The maximum atomic E-state index is 13.6. The van der Waals surface area contributed by atoms with Crippen LogP contribution in [0.3, 0.4) is 0 Å². The lowest BCUT2D eigenvalue weighted by Crippen LogP contribution is -2.52. The van der Waals surface area contributed by atoms with Crippen LogP contribution in [-0.4, -0.2) is 43.0 Å². The van der Waals surface area contributed by atoms with Crippen LogP contribution in [0.4, 0.5) is 10.1 Å². The standard InChI is InChI=1S/C13H18FN3O.2ClH/c1-10(15)13(18)17-8-6-16(7-9-17)12-5-3-2-4-11(12)14;;/h2-5,10H,6-9,15H2,1H3;2*1H/t10-;;/m1../s1. The third-order valence-electron chi connectivity index (χ3n) is 3.17. The van der Waals surface area contributed by atoms with E-state index in [1.165, 1.54) is 6.07 Å². The van der Waals surface area contributed by atoms with Gasteiger partial charge in [0.2, 0.25) is 5.91 Å². The molecule has 0 saturated carbocycles. The number of nitrogens with two attached hydrogens (primary N) is 1. The smallest absolute Gasteiger partial charge is 0.239 e. The fourth-order valence-corrected chi connectivity index (χ4v) is 2.16. The predicted molar refractivity (Wildman–Crippen MR) is 83.3 cm³/mol. The molecule has 114 valence electrons. The Hall–Kier alpha value is -1.04. The first-order valence-electron chi connectivity index (χ1n) is 6.13. The molecule has 20 heavy (non-hydrogen) atoms. The van der Waals surface area contributed by atoms with Gasteiger partial charge in [0.15, 0.2) is 0 Å². The lowest BCUT2D eigenvalue weighted by molar-refractivity contribution is -0.132. The predicted octanol–water partition coefficient (Wildman–Crippen LogP) is 1.67. The number of rotatable bonds is 2. The number of hydrogen-bond donors (Lipinski definition) is 1. The summed E-state index contributed by atoms with van der Waals surface area (Å²) in [4.78, 5) is 15.4. The van der Waals surface area contributed by atoms with Gasteiger partial charge < -0.3 is 15.5 Å². The molecule has 1 aliphatic rings. The van der Waals surface area contributed by atoms with Gasteiger partial charge in [-0.1, -0.05) is 12.1 Å². The van der Waals surface area contributed by atoms with E-state index in [-0.39, 0.29) is 36.5 Å². The first-order chi connectivity index (χ1) is 8.59. The molecule has 0 spiro atoms. The second-order valence-corrected chi connectivity index (χ2v) is 4.55. The van der Waals surface area contributed by atoms with Crippen molar-refractivity contribution in [1.29, 1.82) is 0 Å². The summed E-state index contributed by atoms with van der Waals surface area (Å²) in [7, 11) is 0. The molecule has 1 heterocycles. The SMILES string of the molecule is C[C@@H](N)C(=O)N1CCN(c2ccccc2F)CC1.Cl.Cl. The Bertz CT molecular complexity index is 437. The minimum Gasteiger partial charge on any atom is -0.366 e. The van der Waals surface area contributed by atoms with Gasteiger partial charge in [-0.05, 0) is 19.1 Å². The summed E-state index contributed by atoms with van der Waals surface area (Å²) in [6, 6.07) is 6.24. The summed E-state index contributed by atoms with van der Waals surface area (Å²) in [6.45, 7) is 4.15. The van der Waals surface area contributed by atoms with Crippen LogP contribution in [-0.2, 0) is 4.79 Å². The number of anilines is 1. The molecule has 7 heteroatoms. The summed E-state index contributed by atoms with van der Waals surface area (Å²) in [5.74, 6) is -0.257. The van der Waals surface area contributed by atoms with Crippen LogP contribution in [0.25, 0.3) is 0 Å². The lowest BCUT2D eigenvalue weighted by atomic mass is 10.2. The van der Waals surface area contributed by atoms with Crippen LogP contribution in [0.5, 0.6) is 0 Å². The Morgan fingerprint density at radius 3 is 2.25 bits per heavy atom. The molecule has 0 unspecified atom stereocenters. The summed E-state index contributed by atoms with van der Waals surface area (Å²) in [6.07, 6.45) is 0. The van der Waals surface area contributed by atoms with Gasteiger partial charge in [-0.25, -0.2) is 4.39 Å². The molecule has 2 rings (SSSR count). The molecule has 0 aliphatic carbocycles. The molecule has 2 N–H and O–H groups in total. The summed E-state index contributed by atoms with van der Waals surface area (Å²) < 4.78 is 13.6. The van der Waals surface area contributed by atoms with Gasteiger partial charge in [-0.15, -0.1) is 24.8 Å². The quantitative estimate of drug-likeness (QED) is 0.900. The molecule has 1 atom stereocenters. The number of carbonyl (C=O) groups is 1. The van der Waals surface area contributed by atoms with Crippen LogP contribution in [0.1, 0.15) is 6.92 Å². The summed E-state index contributed by atoms with van der Waals surface area (Å²) in [5, 5.41) is 0. The maximum Gasteiger partial charge on any atom is 0.239 e. The van der Waals surface area contributed by atoms with Gasteiger partial charge >= 0.3 is 0 Å². The first kappa shape index (κ1) is 19.0. The van der Waals surface area contributed by atoms with Gasteiger partial charge in [0.1, 0.15) is 5.82 Å². The van der Waals surface area contributed by atoms with E-state index in [9.17, 15) is 9.18 Å². The van der Waals surface area contributed by atoms with Crippen molar-refractivity contribution in [1.82, 2.24) is 4.90 Å². The molecular formula is C13H20Cl2FN3O. The highest BCUT2D eigenvalue weighted by Gasteiger charge is 2.24. The van der Waals surface area contributed by atoms with Crippen molar-refractivity contribution < 1.29 is 9.18 Å². The van der Waals surface area contributed by atoms with E-state index in [1.807, 2.05) is 11.0 Å². The Morgan fingerprint density at radius 2 is 1.75 bits per heavy atom. The van der Waals surface area contributed by atoms with Gasteiger partial charge in [-0.2, -0.15) is 0 Å². The second-order valence-electron chi connectivity index (χ2n) is 4.55.